The Morgan fingerprint density at radius 2 is 1.63 bits per heavy atom. The van der Waals surface area contributed by atoms with E-state index in [1.165, 1.54) is 35.7 Å². The number of hydrogen-bond acceptors (Lipinski definition) is 4. The van der Waals surface area contributed by atoms with Gasteiger partial charge >= 0.3 is 6.18 Å². The molecule has 0 saturated heterocycles. The zero-order valence-corrected chi connectivity index (χ0v) is 20.1. The standard InChI is InChI=1S/C26H23F3N2O3S/c1-4-31(3)35(32,33)21-11-6-10-20(15-21)34-19-9-5-8-18(14-19)24-17(2)16-30-25-22(24)12-7-13-23(25)26(27,28)29/h5-16H,4H2,1-3H3. The Labute approximate surface area is 201 Å². The summed E-state index contributed by atoms with van der Waals surface area (Å²) < 4.78 is 73.1. The van der Waals surface area contributed by atoms with Gasteiger partial charge in [-0.25, -0.2) is 12.7 Å². The molecule has 0 fully saturated rings. The summed E-state index contributed by atoms with van der Waals surface area (Å²) in [6.45, 7) is 3.85. The van der Waals surface area contributed by atoms with E-state index in [0.717, 1.165) is 6.07 Å². The number of aromatic nitrogens is 1. The minimum atomic E-state index is -4.53. The largest absolute Gasteiger partial charge is 0.457 e. The summed E-state index contributed by atoms with van der Waals surface area (Å²) in [5, 5.41) is 0.382. The van der Waals surface area contributed by atoms with E-state index in [1.54, 1.807) is 56.3 Å². The number of aryl methyl sites for hydroxylation is 1. The summed E-state index contributed by atoms with van der Waals surface area (Å²) in [7, 11) is -2.15. The van der Waals surface area contributed by atoms with Crippen LogP contribution >= 0.6 is 0 Å². The van der Waals surface area contributed by atoms with E-state index in [4.69, 9.17) is 4.74 Å². The second-order valence-corrected chi connectivity index (χ2v) is 10.1. The molecule has 3 aromatic carbocycles. The minimum Gasteiger partial charge on any atom is -0.457 e. The Morgan fingerprint density at radius 1 is 0.971 bits per heavy atom. The lowest BCUT2D eigenvalue weighted by Crippen LogP contribution is -2.26. The first-order valence-electron chi connectivity index (χ1n) is 10.8. The molecule has 0 aliphatic carbocycles. The predicted octanol–water partition coefficient (Wildman–Crippen LogP) is 6.66. The third-order valence-corrected chi connectivity index (χ3v) is 7.64. The Kier molecular flexibility index (Phi) is 6.57. The molecule has 35 heavy (non-hydrogen) atoms. The second-order valence-electron chi connectivity index (χ2n) is 8.04. The number of alkyl halides is 3. The van der Waals surface area contributed by atoms with Crippen LogP contribution in [0.2, 0.25) is 0 Å². The van der Waals surface area contributed by atoms with Crippen LogP contribution in [0.15, 0.2) is 77.8 Å². The van der Waals surface area contributed by atoms with Crippen LogP contribution in [0.4, 0.5) is 13.2 Å². The normalized spacial score (nSPS) is 12.3. The van der Waals surface area contributed by atoms with Gasteiger partial charge in [0.25, 0.3) is 0 Å². The summed E-state index contributed by atoms with van der Waals surface area (Å²) in [4.78, 5) is 4.17. The van der Waals surface area contributed by atoms with Crippen molar-refractivity contribution in [3.05, 3.63) is 84.1 Å². The van der Waals surface area contributed by atoms with E-state index < -0.39 is 21.8 Å². The number of benzene rings is 3. The van der Waals surface area contributed by atoms with Crippen molar-refractivity contribution in [2.24, 2.45) is 0 Å². The number of fused-ring (bicyclic) bond motifs is 1. The summed E-state index contributed by atoms with van der Waals surface area (Å²) >= 11 is 0. The number of halogens is 3. The molecular weight excluding hydrogens is 477 g/mol. The molecule has 9 heteroatoms. The molecule has 0 aliphatic rings. The minimum absolute atomic E-state index is 0.103. The molecule has 0 bridgehead atoms. The van der Waals surface area contributed by atoms with Gasteiger partial charge in [-0.1, -0.05) is 37.3 Å². The van der Waals surface area contributed by atoms with Crippen molar-refractivity contribution in [2.75, 3.05) is 13.6 Å². The van der Waals surface area contributed by atoms with Gasteiger partial charge in [-0.15, -0.1) is 0 Å². The van der Waals surface area contributed by atoms with E-state index in [9.17, 15) is 21.6 Å². The monoisotopic (exact) mass is 500 g/mol. The highest BCUT2D eigenvalue weighted by atomic mass is 32.2. The van der Waals surface area contributed by atoms with Gasteiger partial charge in [0.1, 0.15) is 11.5 Å². The van der Waals surface area contributed by atoms with Gasteiger partial charge in [0.2, 0.25) is 10.0 Å². The molecule has 0 saturated carbocycles. The van der Waals surface area contributed by atoms with Crippen molar-refractivity contribution in [1.29, 1.82) is 0 Å². The van der Waals surface area contributed by atoms with E-state index in [-0.39, 0.29) is 10.4 Å². The van der Waals surface area contributed by atoms with E-state index >= 15 is 0 Å². The maximum Gasteiger partial charge on any atom is 0.418 e. The highest BCUT2D eigenvalue weighted by Crippen LogP contribution is 2.39. The smallest absolute Gasteiger partial charge is 0.418 e. The van der Waals surface area contributed by atoms with Crippen molar-refractivity contribution in [2.45, 2.75) is 24.9 Å². The summed E-state index contributed by atoms with van der Waals surface area (Å²) in [6, 6.07) is 17.1. The quantitative estimate of drug-likeness (QED) is 0.297. The topological polar surface area (TPSA) is 59.5 Å². The molecule has 4 aromatic rings. The van der Waals surface area contributed by atoms with Crippen molar-refractivity contribution in [1.82, 2.24) is 9.29 Å². The number of hydrogen-bond donors (Lipinski definition) is 0. The number of sulfonamides is 1. The second kappa shape index (κ2) is 9.31. The van der Waals surface area contributed by atoms with Crippen LogP contribution in [-0.2, 0) is 16.2 Å². The Balaban J connectivity index is 1.75. The summed E-state index contributed by atoms with van der Waals surface area (Å²) in [5.41, 5.74) is 1.07. The fourth-order valence-corrected chi connectivity index (χ4v) is 5.05. The third kappa shape index (κ3) is 4.87. The first kappa shape index (κ1) is 24.7. The van der Waals surface area contributed by atoms with Gasteiger partial charge in [0.05, 0.1) is 16.0 Å². The molecule has 4 rings (SSSR count). The van der Waals surface area contributed by atoms with Crippen LogP contribution in [-0.4, -0.2) is 31.3 Å². The zero-order valence-electron chi connectivity index (χ0n) is 19.3. The molecule has 5 nitrogen and oxygen atoms in total. The number of rotatable bonds is 6. The Bertz CT molecular complexity index is 1500. The van der Waals surface area contributed by atoms with Crippen LogP contribution in [0.1, 0.15) is 18.1 Å². The Hall–Kier alpha value is -3.43. The number of para-hydroxylation sites is 1. The van der Waals surface area contributed by atoms with E-state index in [0.29, 0.717) is 40.1 Å². The van der Waals surface area contributed by atoms with Crippen LogP contribution in [0.5, 0.6) is 11.5 Å². The average molecular weight is 501 g/mol. The van der Waals surface area contributed by atoms with Gasteiger partial charge in [0, 0.05) is 31.2 Å². The van der Waals surface area contributed by atoms with Crippen LogP contribution in [0.3, 0.4) is 0 Å². The fourth-order valence-electron chi connectivity index (χ4n) is 3.83. The molecule has 0 unspecified atom stereocenters. The molecule has 0 aliphatic heterocycles. The summed E-state index contributed by atoms with van der Waals surface area (Å²) in [5.74, 6) is 0.737. The average Bonchev–Trinajstić information content (AvgIpc) is 2.82. The van der Waals surface area contributed by atoms with E-state index in [1.807, 2.05) is 0 Å². The lowest BCUT2D eigenvalue weighted by Gasteiger charge is -2.16. The highest BCUT2D eigenvalue weighted by Gasteiger charge is 2.33. The van der Waals surface area contributed by atoms with Crippen LogP contribution in [0, 0.1) is 6.92 Å². The summed E-state index contributed by atoms with van der Waals surface area (Å²) in [6.07, 6.45) is -3.10. The molecule has 1 aromatic heterocycles. The predicted molar refractivity (Wildman–Crippen MR) is 129 cm³/mol. The first-order valence-corrected chi connectivity index (χ1v) is 12.3. The van der Waals surface area contributed by atoms with Crippen molar-refractivity contribution in [3.63, 3.8) is 0 Å². The Morgan fingerprint density at radius 3 is 2.31 bits per heavy atom. The SMILES string of the molecule is CCN(C)S(=O)(=O)c1cccc(Oc2cccc(-c3c(C)cnc4c(C(F)(F)F)cccc34)c2)c1. The van der Waals surface area contributed by atoms with Crippen LogP contribution in [0.25, 0.3) is 22.0 Å². The third-order valence-electron chi connectivity index (χ3n) is 5.71. The first-order chi connectivity index (χ1) is 16.5. The van der Waals surface area contributed by atoms with Crippen molar-refractivity contribution >= 4 is 20.9 Å². The lowest BCUT2D eigenvalue weighted by atomic mass is 9.95. The molecular formula is C26H23F3N2O3S. The fraction of sp³-hybridized carbons (Fsp3) is 0.192. The molecule has 0 N–H and O–H groups in total. The highest BCUT2D eigenvalue weighted by molar-refractivity contribution is 7.89. The number of nitrogens with zero attached hydrogens (tertiary/aromatic N) is 2. The maximum absolute atomic E-state index is 13.5. The van der Waals surface area contributed by atoms with Crippen molar-refractivity contribution in [3.8, 4) is 22.6 Å². The van der Waals surface area contributed by atoms with Gasteiger partial charge in [-0.2, -0.15) is 13.2 Å². The van der Waals surface area contributed by atoms with E-state index in [2.05, 4.69) is 4.98 Å². The van der Waals surface area contributed by atoms with Crippen molar-refractivity contribution < 1.29 is 26.3 Å². The zero-order chi connectivity index (χ0) is 25.4. The maximum atomic E-state index is 13.5. The molecule has 0 atom stereocenters. The molecule has 182 valence electrons. The van der Waals surface area contributed by atoms with Gasteiger partial charge in [0.15, 0.2) is 0 Å². The van der Waals surface area contributed by atoms with Gasteiger partial charge in [-0.3, -0.25) is 4.98 Å². The van der Waals surface area contributed by atoms with Crippen LogP contribution < -0.4 is 4.74 Å². The molecule has 0 spiro atoms. The molecule has 0 radical (unpaired) electrons. The number of pyridine rings is 1. The molecule has 1 heterocycles. The van der Waals surface area contributed by atoms with Gasteiger partial charge < -0.3 is 4.74 Å². The molecule has 0 amide bonds. The lowest BCUT2D eigenvalue weighted by molar-refractivity contribution is -0.136. The number of ether oxygens (including phenoxy) is 1. The van der Waals surface area contributed by atoms with Gasteiger partial charge in [-0.05, 0) is 53.9 Å².